The van der Waals surface area contributed by atoms with Gasteiger partial charge in [-0.25, -0.2) is 14.2 Å². The van der Waals surface area contributed by atoms with E-state index in [1.165, 1.54) is 24.1 Å². The van der Waals surface area contributed by atoms with Crippen LogP contribution in [0.4, 0.5) is 26.6 Å². The highest BCUT2D eigenvalue weighted by Gasteiger charge is 2.26. The minimum atomic E-state index is -0.714. The number of carbonyl (C=O) groups is 2. The van der Waals surface area contributed by atoms with Crippen LogP contribution in [0.15, 0.2) is 41.1 Å². The van der Waals surface area contributed by atoms with Gasteiger partial charge in [-0.15, -0.1) is 0 Å². The van der Waals surface area contributed by atoms with Gasteiger partial charge in [0, 0.05) is 44.5 Å². The Morgan fingerprint density at radius 2 is 1.97 bits per heavy atom. The molecule has 0 radical (unpaired) electrons. The highest BCUT2D eigenvalue weighted by atomic mass is 19.1. The van der Waals surface area contributed by atoms with Crippen LogP contribution in [-0.2, 0) is 16.0 Å². The molecule has 0 unspecified atom stereocenters. The summed E-state index contributed by atoms with van der Waals surface area (Å²) in [7, 11) is 1.52. The Hall–Kier alpha value is -4.22. The maximum absolute atomic E-state index is 13.5. The van der Waals surface area contributed by atoms with Crippen molar-refractivity contribution in [3.05, 3.63) is 48.1 Å². The van der Waals surface area contributed by atoms with E-state index in [9.17, 15) is 14.0 Å². The average molecular weight is 542 g/mol. The van der Waals surface area contributed by atoms with E-state index in [1.54, 1.807) is 52.1 Å². The fraction of sp³-hybridized carbons (Fsp3) is 0.444. The number of nitrogens with one attached hydrogen (secondary N) is 3. The zero-order chi connectivity index (χ0) is 28.6. The van der Waals surface area contributed by atoms with Gasteiger partial charge < -0.3 is 25.2 Å². The topological polar surface area (TPSA) is 135 Å². The van der Waals surface area contributed by atoms with Crippen LogP contribution in [0, 0.1) is 5.82 Å². The Morgan fingerprint density at radius 1 is 1.21 bits per heavy atom. The molecule has 1 atom stereocenters. The number of halogens is 1. The second-order valence-corrected chi connectivity index (χ2v) is 10.0. The summed E-state index contributed by atoms with van der Waals surface area (Å²) in [6.45, 7) is 9.93. The zero-order valence-corrected chi connectivity index (χ0v) is 23.2. The first-order chi connectivity index (χ1) is 18.5. The number of rotatable bonds is 11. The predicted octanol–water partition coefficient (Wildman–Crippen LogP) is 4.75. The Balaban J connectivity index is 1.62. The van der Waals surface area contributed by atoms with Crippen LogP contribution >= 0.6 is 0 Å². The lowest BCUT2D eigenvalue weighted by molar-refractivity contribution is -0.125. The SMILES string of the molecule is CCCNc1nc(Nc2cccc(F)c2)ncc1-c1cc(CCNC(=O)[C@H](C)N(C)C(=O)OC(C)(C)C)on1. The first-order valence-electron chi connectivity index (χ1n) is 12.8. The molecule has 3 N–H and O–H groups in total. The van der Waals surface area contributed by atoms with Crippen molar-refractivity contribution in [2.45, 2.75) is 59.1 Å². The van der Waals surface area contributed by atoms with Crippen molar-refractivity contribution < 1.29 is 23.2 Å². The minimum absolute atomic E-state index is 0.286. The van der Waals surface area contributed by atoms with Crippen LogP contribution < -0.4 is 16.0 Å². The van der Waals surface area contributed by atoms with Gasteiger partial charge in [0.05, 0.1) is 5.56 Å². The van der Waals surface area contributed by atoms with Crippen molar-refractivity contribution in [2.75, 3.05) is 30.8 Å². The third kappa shape index (κ3) is 8.66. The number of benzene rings is 1. The van der Waals surface area contributed by atoms with Crippen molar-refractivity contribution in [3.63, 3.8) is 0 Å². The van der Waals surface area contributed by atoms with E-state index in [0.717, 1.165) is 6.42 Å². The Bertz CT molecular complexity index is 1280. The summed E-state index contributed by atoms with van der Waals surface area (Å²) in [5.41, 5.74) is 1.05. The van der Waals surface area contributed by atoms with E-state index in [-0.39, 0.29) is 18.3 Å². The van der Waals surface area contributed by atoms with E-state index in [1.807, 2.05) is 6.92 Å². The van der Waals surface area contributed by atoms with Crippen molar-refractivity contribution in [1.29, 1.82) is 0 Å². The van der Waals surface area contributed by atoms with Gasteiger partial charge in [0.1, 0.15) is 34.7 Å². The van der Waals surface area contributed by atoms with Crippen LogP contribution in [0.1, 0.15) is 46.8 Å². The maximum Gasteiger partial charge on any atom is 0.410 e. The third-order valence-electron chi connectivity index (χ3n) is 5.56. The van der Waals surface area contributed by atoms with Crippen molar-refractivity contribution in [2.24, 2.45) is 0 Å². The van der Waals surface area contributed by atoms with Crippen LogP contribution in [-0.4, -0.2) is 63.8 Å². The first-order valence-corrected chi connectivity index (χ1v) is 12.8. The number of likely N-dealkylation sites (N-methyl/N-ethyl adjacent to an activating group) is 1. The molecular formula is C27H36FN7O4. The van der Waals surface area contributed by atoms with Crippen LogP contribution in [0.3, 0.4) is 0 Å². The first kappa shape index (κ1) is 29.3. The van der Waals surface area contributed by atoms with E-state index in [2.05, 4.69) is 31.1 Å². The second kappa shape index (κ2) is 13.0. The third-order valence-corrected chi connectivity index (χ3v) is 5.56. The van der Waals surface area contributed by atoms with Gasteiger partial charge in [-0.3, -0.25) is 9.69 Å². The molecule has 1 aromatic carbocycles. The van der Waals surface area contributed by atoms with E-state index < -0.39 is 17.7 Å². The normalized spacial score (nSPS) is 12.0. The highest BCUT2D eigenvalue weighted by molar-refractivity contribution is 5.85. The fourth-order valence-corrected chi connectivity index (χ4v) is 3.39. The summed E-state index contributed by atoms with van der Waals surface area (Å²) in [6.07, 6.45) is 2.31. The molecule has 210 valence electrons. The van der Waals surface area contributed by atoms with Gasteiger partial charge in [0.15, 0.2) is 0 Å². The molecule has 0 fully saturated rings. The molecule has 39 heavy (non-hydrogen) atoms. The largest absolute Gasteiger partial charge is 0.444 e. The van der Waals surface area contributed by atoms with Gasteiger partial charge in [0.2, 0.25) is 11.9 Å². The van der Waals surface area contributed by atoms with Crippen LogP contribution in [0.2, 0.25) is 0 Å². The molecule has 11 nitrogen and oxygen atoms in total. The molecule has 0 aliphatic rings. The molecular weight excluding hydrogens is 505 g/mol. The molecule has 0 aliphatic heterocycles. The smallest absolute Gasteiger partial charge is 0.410 e. The quantitative estimate of drug-likeness (QED) is 0.314. The van der Waals surface area contributed by atoms with E-state index >= 15 is 0 Å². The van der Waals surface area contributed by atoms with Gasteiger partial charge in [-0.2, -0.15) is 4.98 Å². The molecule has 3 aromatic rings. The Kier molecular flexibility index (Phi) is 9.80. The van der Waals surface area contributed by atoms with Crippen LogP contribution in [0.25, 0.3) is 11.3 Å². The van der Waals surface area contributed by atoms with Crippen molar-refractivity contribution in [1.82, 2.24) is 25.3 Å². The number of hydrogen-bond acceptors (Lipinski definition) is 9. The molecule has 2 aromatic heterocycles. The van der Waals surface area contributed by atoms with Gasteiger partial charge in [-0.05, 0) is 52.3 Å². The summed E-state index contributed by atoms with van der Waals surface area (Å²) in [4.78, 5) is 34.9. The molecule has 3 rings (SSSR count). The Labute approximate surface area is 227 Å². The lowest BCUT2D eigenvalue weighted by Gasteiger charge is -2.28. The standard InChI is InChI=1S/C27H36FN7O4/c1-7-12-29-23-21(16-31-25(33-23)32-19-10-8-9-18(28)14-19)22-15-20(39-34-22)11-13-30-24(36)17(2)35(6)26(37)38-27(3,4)5/h8-10,14-17H,7,11-13H2,1-6H3,(H,30,36)(H2,29,31,32,33)/t17-/m0/s1. The average Bonchev–Trinajstić information content (AvgIpc) is 3.34. The minimum Gasteiger partial charge on any atom is -0.444 e. The summed E-state index contributed by atoms with van der Waals surface area (Å²) in [6, 6.07) is 7.09. The number of anilines is 3. The van der Waals surface area contributed by atoms with E-state index in [0.29, 0.717) is 47.4 Å². The molecule has 2 amide bonds. The maximum atomic E-state index is 13.5. The summed E-state index contributed by atoms with van der Waals surface area (Å²) < 4.78 is 24.3. The van der Waals surface area contributed by atoms with Crippen LogP contribution in [0.5, 0.6) is 0 Å². The number of nitrogens with zero attached hydrogens (tertiary/aromatic N) is 4. The monoisotopic (exact) mass is 541 g/mol. The van der Waals surface area contributed by atoms with Gasteiger partial charge in [-0.1, -0.05) is 18.1 Å². The molecule has 0 saturated carbocycles. The highest BCUT2D eigenvalue weighted by Crippen LogP contribution is 2.27. The molecule has 12 heteroatoms. The number of hydrogen-bond donors (Lipinski definition) is 3. The summed E-state index contributed by atoms with van der Waals surface area (Å²) in [5, 5.41) is 13.2. The summed E-state index contributed by atoms with van der Waals surface area (Å²) >= 11 is 0. The molecule has 0 bridgehead atoms. The Morgan fingerprint density at radius 3 is 2.67 bits per heavy atom. The van der Waals surface area contributed by atoms with Gasteiger partial charge in [0.25, 0.3) is 0 Å². The fourth-order valence-electron chi connectivity index (χ4n) is 3.39. The molecule has 2 heterocycles. The van der Waals surface area contributed by atoms with E-state index in [4.69, 9.17) is 9.26 Å². The number of amides is 2. The van der Waals surface area contributed by atoms with Crippen molar-refractivity contribution >= 4 is 29.5 Å². The molecule has 0 saturated heterocycles. The lowest BCUT2D eigenvalue weighted by atomic mass is 10.2. The number of ether oxygens (including phenoxy) is 1. The van der Waals surface area contributed by atoms with Gasteiger partial charge >= 0.3 is 6.09 Å². The number of carbonyl (C=O) groups excluding carboxylic acids is 2. The summed E-state index contributed by atoms with van der Waals surface area (Å²) in [5.74, 6) is 0.736. The number of aromatic nitrogens is 3. The lowest BCUT2D eigenvalue weighted by Crippen LogP contribution is -2.47. The zero-order valence-electron chi connectivity index (χ0n) is 23.2. The second-order valence-electron chi connectivity index (χ2n) is 10.0. The molecule has 0 aliphatic carbocycles. The predicted molar refractivity (Wildman–Crippen MR) is 146 cm³/mol. The van der Waals surface area contributed by atoms with Crippen molar-refractivity contribution in [3.8, 4) is 11.3 Å². The molecule has 0 spiro atoms.